The third-order valence-electron chi connectivity index (χ3n) is 4.39. The second kappa shape index (κ2) is 8.42. The number of nitrogens with zero attached hydrogens (tertiary/aromatic N) is 2. The summed E-state index contributed by atoms with van der Waals surface area (Å²) in [4.78, 5) is 28.1. The van der Waals surface area contributed by atoms with E-state index >= 15 is 0 Å². The van der Waals surface area contributed by atoms with Crippen molar-refractivity contribution >= 4 is 17.5 Å². The predicted molar refractivity (Wildman–Crippen MR) is 97.3 cm³/mol. The fourth-order valence-corrected chi connectivity index (χ4v) is 2.92. The van der Waals surface area contributed by atoms with Crippen LogP contribution in [0, 0.1) is 0 Å². The molecule has 26 heavy (non-hydrogen) atoms. The van der Waals surface area contributed by atoms with Gasteiger partial charge in [0.25, 0.3) is 5.91 Å². The van der Waals surface area contributed by atoms with Crippen molar-refractivity contribution in [2.24, 2.45) is 0 Å². The Kier molecular flexibility index (Phi) is 5.78. The van der Waals surface area contributed by atoms with Crippen LogP contribution in [0.25, 0.3) is 0 Å². The van der Waals surface area contributed by atoms with Gasteiger partial charge in [-0.15, -0.1) is 0 Å². The Morgan fingerprint density at radius 3 is 2.58 bits per heavy atom. The molecular formula is C19H23N3O4. The van der Waals surface area contributed by atoms with Crippen LogP contribution in [0.1, 0.15) is 17.0 Å². The van der Waals surface area contributed by atoms with Crippen molar-refractivity contribution < 1.29 is 18.7 Å². The molecule has 2 amide bonds. The molecule has 138 valence electrons. The van der Waals surface area contributed by atoms with E-state index in [2.05, 4.69) is 5.32 Å². The van der Waals surface area contributed by atoms with Crippen molar-refractivity contribution in [1.82, 2.24) is 9.80 Å². The van der Waals surface area contributed by atoms with Gasteiger partial charge in [-0.2, -0.15) is 0 Å². The summed E-state index contributed by atoms with van der Waals surface area (Å²) in [5, 5.41) is 3.23. The van der Waals surface area contributed by atoms with Crippen LogP contribution in [0.15, 0.2) is 47.1 Å². The van der Waals surface area contributed by atoms with Gasteiger partial charge in [-0.25, -0.2) is 0 Å². The predicted octanol–water partition coefficient (Wildman–Crippen LogP) is 2.07. The summed E-state index contributed by atoms with van der Waals surface area (Å²) in [5.74, 6) is 1.08. The van der Waals surface area contributed by atoms with Crippen molar-refractivity contribution in [1.29, 1.82) is 0 Å². The topological polar surface area (TPSA) is 75.0 Å². The normalized spacial score (nSPS) is 14.2. The average Bonchev–Trinajstić information content (AvgIpc) is 3.22. The number of amides is 2. The molecule has 7 nitrogen and oxygen atoms in total. The first-order valence-corrected chi connectivity index (χ1v) is 8.66. The quantitative estimate of drug-likeness (QED) is 0.857. The lowest BCUT2D eigenvalue weighted by Crippen LogP contribution is -2.50. The molecule has 1 aliphatic heterocycles. The number of benzene rings is 1. The van der Waals surface area contributed by atoms with Gasteiger partial charge in [0.2, 0.25) is 5.91 Å². The van der Waals surface area contributed by atoms with Crippen LogP contribution in [-0.2, 0) is 4.79 Å². The molecule has 0 radical (unpaired) electrons. The molecule has 1 aliphatic rings. The van der Waals surface area contributed by atoms with Crippen molar-refractivity contribution in [2.75, 3.05) is 45.2 Å². The third kappa shape index (κ3) is 4.36. The van der Waals surface area contributed by atoms with Gasteiger partial charge in [-0.3, -0.25) is 9.59 Å². The Morgan fingerprint density at radius 2 is 1.88 bits per heavy atom. The molecule has 0 atom stereocenters. The standard InChI is InChI=1S/C19H23N3O4/c1-25-16-5-2-4-15(14-16)20-8-7-18(23)21-9-11-22(12-10-21)19(24)17-6-3-13-26-17/h2-6,13-14,20H,7-12H2,1H3. The maximum atomic E-state index is 12.4. The molecular weight excluding hydrogens is 334 g/mol. The van der Waals surface area contributed by atoms with Crippen molar-refractivity contribution in [3.05, 3.63) is 48.4 Å². The molecule has 0 saturated carbocycles. The molecule has 2 heterocycles. The fraction of sp³-hybridized carbons (Fsp3) is 0.368. The highest BCUT2D eigenvalue weighted by Crippen LogP contribution is 2.16. The molecule has 0 aliphatic carbocycles. The largest absolute Gasteiger partial charge is 0.497 e. The van der Waals surface area contributed by atoms with Crippen LogP contribution >= 0.6 is 0 Å². The number of anilines is 1. The van der Waals surface area contributed by atoms with E-state index in [0.717, 1.165) is 11.4 Å². The first-order chi connectivity index (χ1) is 12.7. The number of carbonyl (C=O) groups excluding carboxylic acids is 2. The highest BCUT2D eigenvalue weighted by Gasteiger charge is 2.25. The van der Waals surface area contributed by atoms with Crippen LogP contribution in [0.5, 0.6) is 5.75 Å². The van der Waals surface area contributed by atoms with Crippen LogP contribution in [0.4, 0.5) is 5.69 Å². The molecule has 1 N–H and O–H groups in total. The first kappa shape index (κ1) is 17.8. The molecule has 7 heteroatoms. The van der Waals surface area contributed by atoms with Gasteiger partial charge in [0, 0.05) is 50.9 Å². The van der Waals surface area contributed by atoms with Crippen LogP contribution in [-0.4, -0.2) is 61.4 Å². The molecule has 3 rings (SSSR count). The summed E-state index contributed by atoms with van der Waals surface area (Å²) >= 11 is 0. The van der Waals surface area contributed by atoms with Gasteiger partial charge < -0.3 is 24.3 Å². The molecule has 1 fully saturated rings. The highest BCUT2D eigenvalue weighted by atomic mass is 16.5. The number of hydrogen-bond acceptors (Lipinski definition) is 5. The maximum absolute atomic E-state index is 12.4. The minimum absolute atomic E-state index is 0.0884. The van der Waals surface area contributed by atoms with E-state index in [1.54, 1.807) is 29.0 Å². The minimum Gasteiger partial charge on any atom is -0.497 e. The number of methoxy groups -OCH3 is 1. The molecule has 1 aromatic heterocycles. The average molecular weight is 357 g/mol. The SMILES string of the molecule is COc1cccc(NCCC(=O)N2CCN(C(=O)c3ccco3)CC2)c1. The van der Waals surface area contributed by atoms with Gasteiger partial charge in [0.05, 0.1) is 13.4 Å². The lowest BCUT2D eigenvalue weighted by atomic mass is 10.2. The molecule has 2 aromatic rings. The van der Waals surface area contributed by atoms with Crippen LogP contribution < -0.4 is 10.1 Å². The summed E-state index contributed by atoms with van der Waals surface area (Å²) < 4.78 is 10.3. The lowest BCUT2D eigenvalue weighted by molar-refractivity contribution is -0.132. The summed E-state index contributed by atoms with van der Waals surface area (Å²) in [6.07, 6.45) is 1.89. The minimum atomic E-state index is -0.123. The molecule has 0 unspecified atom stereocenters. The van der Waals surface area contributed by atoms with Gasteiger partial charge in [-0.05, 0) is 24.3 Å². The van der Waals surface area contributed by atoms with E-state index < -0.39 is 0 Å². The summed E-state index contributed by atoms with van der Waals surface area (Å²) in [5.41, 5.74) is 0.922. The Labute approximate surface area is 152 Å². The van der Waals surface area contributed by atoms with E-state index in [0.29, 0.717) is 44.9 Å². The number of furan rings is 1. The second-order valence-electron chi connectivity index (χ2n) is 6.06. The number of nitrogens with one attached hydrogen (secondary N) is 1. The van der Waals surface area contributed by atoms with Crippen molar-refractivity contribution in [2.45, 2.75) is 6.42 Å². The molecule has 1 saturated heterocycles. The summed E-state index contributed by atoms with van der Waals surface area (Å²) in [7, 11) is 1.62. The third-order valence-corrected chi connectivity index (χ3v) is 4.39. The Balaban J connectivity index is 1.41. The number of hydrogen-bond donors (Lipinski definition) is 1. The van der Waals surface area contributed by atoms with Gasteiger partial charge >= 0.3 is 0 Å². The fourth-order valence-electron chi connectivity index (χ4n) is 2.92. The smallest absolute Gasteiger partial charge is 0.289 e. The Morgan fingerprint density at radius 1 is 1.12 bits per heavy atom. The Hall–Kier alpha value is -2.96. The number of ether oxygens (including phenoxy) is 1. The lowest BCUT2D eigenvalue weighted by Gasteiger charge is -2.34. The molecule has 0 bridgehead atoms. The zero-order valence-electron chi connectivity index (χ0n) is 14.8. The summed E-state index contributed by atoms with van der Waals surface area (Å²) in [6.45, 7) is 2.69. The van der Waals surface area contributed by atoms with E-state index in [4.69, 9.17) is 9.15 Å². The van der Waals surface area contributed by atoms with E-state index in [1.165, 1.54) is 6.26 Å². The summed E-state index contributed by atoms with van der Waals surface area (Å²) in [6, 6.07) is 11.0. The monoisotopic (exact) mass is 357 g/mol. The van der Waals surface area contributed by atoms with Gasteiger partial charge in [-0.1, -0.05) is 6.07 Å². The number of carbonyl (C=O) groups is 2. The van der Waals surface area contributed by atoms with Gasteiger partial charge in [0.1, 0.15) is 5.75 Å². The van der Waals surface area contributed by atoms with E-state index in [-0.39, 0.29) is 11.8 Å². The second-order valence-corrected chi connectivity index (χ2v) is 6.06. The van der Waals surface area contributed by atoms with E-state index in [9.17, 15) is 9.59 Å². The van der Waals surface area contributed by atoms with Crippen LogP contribution in [0.3, 0.4) is 0 Å². The Bertz CT molecular complexity index is 737. The number of piperazine rings is 1. The maximum Gasteiger partial charge on any atom is 0.289 e. The molecule has 0 spiro atoms. The zero-order chi connectivity index (χ0) is 18.4. The highest BCUT2D eigenvalue weighted by molar-refractivity contribution is 5.91. The van der Waals surface area contributed by atoms with Gasteiger partial charge in [0.15, 0.2) is 5.76 Å². The zero-order valence-corrected chi connectivity index (χ0v) is 14.8. The van der Waals surface area contributed by atoms with E-state index in [1.807, 2.05) is 24.3 Å². The first-order valence-electron chi connectivity index (χ1n) is 8.66. The molecule has 1 aromatic carbocycles. The number of rotatable bonds is 6. The van der Waals surface area contributed by atoms with Crippen molar-refractivity contribution in [3.63, 3.8) is 0 Å². The van der Waals surface area contributed by atoms with Crippen molar-refractivity contribution in [3.8, 4) is 5.75 Å². The van der Waals surface area contributed by atoms with Crippen LogP contribution in [0.2, 0.25) is 0 Å².